The van der Waals surface area contributed by atoms with Crippen LogP contribution in [0, 0.1) is 0 Å². The van der Waals surface area contributed by atoms with Crippen LogP contribution < -0.4 is 5.32 Å². The number of carbonyl (C=O) groups excluding carboxylic acids is 1. The molecule has 5 heteroatoms. The number of benzene rings is 1. The number of para-hydroxylation sites is 1. The smallest absolute Gasteiger partial charge is 0.272 e. The molecule has 17 heavy (non-hydrogen) atoms. The maximum atomic E-state index is 11.9. The van der Waals surface area contributed by atoms with E-state index in [1.807, 2.05) is 43.3 Å². The van der Waals surface area contributed by atoms with Gasteiger partial charge in [0.15, 0.2) is 5.69 Å². The Morgan fingerprint density at radius 2 is 2.18 bits per heavy atom. The van der Waals surface area contributed by atoms with Crippen molar-refractivity contribution in [1.82, 2.24) is 20.4 Å². The van der Waals surface area contributed by atoms with Crippen LogP contribution in [0.1, 0.15) is 10.5 Å². The Balaban J connectivity index is 2.09. The predicted octanol–water partition coefficient (Wildman–Crippen LogP) is 0.854. The average Bonchev–Trinajstić information content (AvgIpc) is 2.72. The maximum Gasteiger partial charge on any atom is 0.272 e. The average molecular weight is 232 g/mol. The number of hydrogen-bond acceptors (Lipinski definition) is 3. The van der Waals surface area contributed by atoms with Gasteiger partial charge < -0.3 is 10.2 Å². The summed E-state index contributed by atoms with van der Waals surface area (Å²) in [6, 6.07) is 7.60. The molecule has 0 spiro atoms. The number of carbonyl (C=O) groups is 1. The molecule has 0 atom stereocenters. The maximum absolute atomic E-state index is 11.9. The molecule has 0 saturated heterocycles. The fourth-order valence-electron chi connectivity index (χ4n) is 1.61. The van der Waals surface area contributed by atoms with Crippen molar-refractivity contribution in [2.24, 2.45) is 0 Å². The summed E-state index contributed by atoms with van der Waals surface area (Å²) in [5.74, 6) is -0.135. The van der Waals surface area contributed by atoms with Crippen molar-refractivity contribution in [2.75, 3.05) is 27.2 Å². The molecule has 0 saturated carbocycles. The highest BCUT2D eigenvalue weighted by Crippen LogP contribution is 2.14. The lowest BCUT2D eigenvalue weighted by Crippen LogP contribution is -2.31. The second kappa shape index (κ2) is 4.97. The van der Waals surface area contributed by atoms with Gasteiger partial charge in [0, 0.05) is 18.5 Å². The number of H-pyrrole nitrogens is 1. The Bertz CT molecular complexity index is 518. The number of amides is 1. The number of hydrogen-bond donors (Lipinski definition) is 2. The third-order valence-electron chi connectivity index (χ3n) is 2.53. The van der Waals surface area contributed by atoms with Gasteiger partial charge in [-0.25, -0.2) is 0 Å². The van der Waals surface area contributed by atoms with Crippen LogP contribution in [0.3, 0.4) is 0 Å². The summed E-state index contributed by atoms with van der Waals surface area (Å²) in [7, 11) is 3.94. The lowest BCUT2D eigenvalue weighted by atomic mass is 10.2. The van der Waals surface area contributed by atoms with Gasteiger partial charge in [-0.15, -0.1) is 0 Å². The number of nitrogens with zero attached hydrogens (tertiary/aromatic N) is 2. The van der Waals surface area contributed by atoms with Crippen LogP contribution >= 0.6 is 0 Å². The van der Waals surface area contributed by atoms with Crippen LogP contribution in [-0.2, 0) is 0 Å². The predicted molar refractivity (Wildman–Crippen MR) is 67.0 cm³/mol. The number of aromatic nitrogens is 2. The molecule has 5 nitrogen and oxygen atoms in total. The minimum Gasteiger partial charge on any atom is -0.349 e. The molecule has 2 rings (SSSR count). The normalized spacial score (nSPS) is 11.0. The van der Waals surface area contributed by atoms with E-state index in [1.165, 1.54) is 0 Å². The first-order chi connectivity index (χ1) is 8.18. The highest BCUT2D eigenvalue weighted by Gasteiger charge is 2.12. The summed E-state index contributed by atoms with van der Waals surface area (Å²) in [4.78, 5) is 13.9. The number of aromatic amines is 1. The van der Waals surface area contributed by atoms with E-state index in [0.717, 1.165) is 17.4 Å². The number of nitrogens with one attached hydrogen (secondary N) is 2. The molecule has 0 aliphatic carbocycles. The van der Waals surface area contributed by atoms with Gasteiger partial charge in [-0.05, 0) is 20.2 Å². The molecule has 90 valence electrons. The molecule has 0 aliphatic heterocycles. The molecule has 1 aromatic carbocycles. The Hall–Kier alpha value is -1.88. The zero-order valence-corrected chi connectivity index (χ0v) is 10.0. The summed E-state index contributed by atoms with van der Waals surface area (Å²) in [6.45, 7) is 1.43. The van der Waals surface area contributed by atoms with Crippen molar-refractivity contribution in [3.05, 3.63) is 30.0 Å². The van der Waals surface area contributed by atoms with E-state index < -0.39 is 0 Å². The summed E-state index contributed by atoms with van der Waals surface area (Å²) in [5.41, 5.74) is 1.34. The third kappa shape index (κ3) is 2.62. The van der Waals surface area contributed by atoms with Gasteiger partial charge in [0.05, 0.1) is 5.52 Å². The molecule has 0 radical (unpaired) electrons. The largest absolute Gasteiger partial charge is 0.349 e. The van der Waals surface area contributed by atoms with Crippen molar-refractivity contribution < 1.29 is 4.79 Å². The molecule has 1 aromatic heterocycles. The molecule has 0 fully saturated rings. The van der Waals surface area contributed by atoms with Gasteiger partial charge in [-0.1, -0.05) is 18.2 Å². The highest BCUT2D eigenvalue weighted by atomic mass is 16.1. The Kier molecular flexibility index (Phi) is 3.39. The van der Waals surface area contributed by atoms with E-state index in [0.29, 0.717) is 12.2 Å². The van der Waals surface area contributed by atoms with E-state index in [4.69, 9.17) is 0 Å². The van der Waals surface area contributed by atoms with Crippen molar-refractivity contribution in [3.8, 4) is 0 Å². The van der Waals surface area contributed by atoms with E-state index in [9.17, 15) is 4.79 Å². The van der Waals surface area contributed by atoms with Gasteiger partial charge in [-0.2, -0.15) is 5.10 Å². The fourth-order valence-corrected chi connectivity index (χ4v) is 1.61. The molecule has 0 unspecified atom stereocenters. The fraction of sp³-hybridized carbons (Fsp3) is 0.333. The van der Waals surface area contributed by atoms with Crippen molar-refractivity contribution in [2.45, 2.75) is 0 Å². The van der Waals surface area contributed by atoms with E-state index in [2.05, 4.69) is 15.5 Å². The molecule has 1 amide bonds. The summed E-state index contributed by atoms with van der Waals surface area (Å²) in [6.07, 6.45) is 0. The van der Waals surface area contributed by atoms with Crippen LogP contribution in [0.15, 0.2) is 24.3 Å². The number of fused-ring (bicyclic) bond motifs is 1. The molecule has 2 N–H and O–H groups in total. The number of rotatable bonds is 4. The first-order valence-corrected chi connectivity index (χ1v) is 5.54. The highest BCUT2D eigenvalue weighted by molar-refractivity contribution is 6.04. The third-order valence-corrected chi connectivity index (χ3v) is 2.53. The topological polar surface area (TPSA) is 61.0 Å². The van der Waals surface area contributed by atoms with Gasteiger partial charge in [0.2, 0.25) is 0 Å². The Labute approximate surface area is 99.8 Å². The second-order valence-corrected chi connectivity index (χ2v) is 4.18. The van der Waals surface area contributed by atoms with Crippen molar-refractivity contribution in [1.29, 1.82) is 0 Å². The molecule has 0 aliphatic rings. The molecule has 2 aromatic rings. The molecule has 1 heterocycles. The molecular formula is C12H16N4O. The summed E-state index contributed by atoms with van der Waals surface area (Å²) < 4.78 is 0. The number of likely N-dealkylation sites (N-methyl/N-ethyl adjacent to an activating group) is 1. The van der Waals surface area contributed by atoms with E-state index in [1.54, 1.807) is 0 Å². The summed E-state index contributed by atoms with van der Waals surface area (Å²) in [5, 5.41) is 10.6. The molecule has 0 bridgehead atoms. The van der Waals surface area contributed by atoms with Crippen molar-refractivity contribution in [3.63, 3.8) is 0 Å². The van der Waals surface area contributed by atoms with E-state index in [-0.39, 0.29) is 5.91 Å². The van der Waals surface area contributed by atoms with Gasteiger partial charge >= 0.3 is 0 Å². The van der Waals surface area contributed by atoms with Crippen LogP contribution in [-0.4, -0.2) is 48.2 Å². The zero-order chi connectivity index (χ0) is 12.3. The lowest BCUT2D eigenvalue weighted by molar-refractivity contribution is 0.0947. The van der Waals surface area contributed by atoms with Crippen LogP contribution in [0.5, 0.6) is 0 Å². The first-order valence-electron chi connectivity index (χ1n) is 5.54. The lowest BCUT2D eigenvalue weighted by Gasteiger charge is -2.09. The zero-order valence-electron chi connectivity index (χ0n) is 10.0. The Morgan fingerprint density at radius 3 is 2.94 bits per heavy atom. The monoisotopic (exact) mass is 232 g/mol. The quantitative estimate of drug-likeness (QED) is 0.821. The van der Waals surface area contributed by atoms with E-state index >= 15 is 0 Å². The van der Waals surface area contributed by atoms with Gasteiger partial charge in [-0.3, -0.25) is 9.89 Å². The van der Waals surface area contributed by atoms with Crippen LogP contribution in [0.25, 0.3) is 10.9 Å². The Morgan fingerprint density at radius 1 is 1.41 bits per heavy atom. The molecular weight excluding hydrogens is 216 g/mol. The minimum atomic E-state index is -0.135. The van der Waals surface area contributed by atoms with Crippen LogP contribution in [0.4, 0.5) is 0 Å². The second-order valence-electron chi connectivity index (χ2n) is 4.18. The van der Waals surface area contributed by atoms with Crippen LogP contribution in [0.2, 0.25) is 0 Å². The first kappa shape index (κ1) is 11.6. The summed E-state index contributed by atoms with van der Waals surface area (Å²) >= 11 is 0. The van der Waals surface area contributed by atoms with Gasteiger partial charge in [0.25, 0.3) is 5.91 Å². The standard InChI is InChI=1S/C12H16N4O/c1-16(2)8-7-13-12(17)11-9-5-3-4-6-10(9)14-15-11/h3-6H,7-8H2,1-2H3,(H,13,17)(H,14,15). The van der Waals surface area contributed by atoms with Gasteiger partial charge in [0.1, 0.15) is 0 Å². The minimum absolute atomic E-state index is 0.135. The SMILES string of the molecule is CN(C)CCNC(=O)c1n[nH]c2ccccc12. The van der Waals surface area contributed by atoms with Crippen molar-refractivity contribution >= 4 is 16.8 Å².